The van der Waals surface area contributed by atoms with Gasteiger partial charge < -0.3 is 21.1 Å². The van der Waals surface area contributed by atoms with Gasteiger partial charge in [0, 0.05) is 29.7 Å². The van der Waals surface area contributed by atoms with E-state index in [1.807, 2.05) is 19.1 Å². The largest absolute Gasteiger partial charge is 0.492 e. The van der Waals surface area contributed by atoms with Gasteiger partial charge in [0.2, 0.25) is 0 Å². The molecule has 0 unspecified atom stereocenters. The van der Waals surface area contributed by atoms with Gasteiger partial charge in [-0.05, 0) is 35.0 Å². The Morgan fingerprint density at radius 2 is 2.11 bits per heavy atom. The van der Waals surface area contributed by atoms with E-state index in [1.165, 1.54) is 0 Å². The van der Waals surface area contributed by atoms with E-state index in [1.54, 1.807) is 0 Å². The summed E-state index contributed by atoms with van der Waals surface area (Å²) in [5.74, 6) is 0.834. The average Bonchev–Trinajstić information content (AvgIpc) is 2.32. The van der Waals surface area contributed by atoms with Crippen LogP contribution < -0.4 is 21.1 Å². The highest BCUT2D eigenvalue weighted by molar-refractivity contribution is 9.11. The Morgan fingerprint density at radius 1 is 1.37 bits per heavy atom. The smallest absolute Gasteiger partial charge is 0.312 e. The van der Waals surface area contributed by atoms with E-state index in [4.69, 9.17) is 10.5 Å². The van der Waals surface area contributed by atoms with Crippen LogP contribution in [0.4, 0.5) is 4.79 Å². The number of ether oxygens (including phenoxy) is 1. The number of amides is 2. The molecule has 19 heavy (non-hydrogen) atoms. The van der Waals surface area contributed by atoms with Crippen molar-refractivity contribution in [3.63, 3.8) is 0 Å². The number of hydrogen-bond acceptors (Lipinski definition) is 3. The summed E-state index contributed by atoms with van der Waals surface area (Å²) in [6.45, 7) is 4.33. The maximum atomic E-state index is 10.5. The highest BCUT2D eigenvalue weighted by atomic mass is 79.9. The predicted molar refractivity (Wildman–Crippen MR) is 82.3 cm³/mol. The molecule has 106 valence electrons. The summed E-state index contributed by atoms with van der Waals surface area (Å²) in [5, 5.41) is 5.74. The van der Waals surface area contributed by atoms with Crippen molar-refractivity contribution in [1.82, 2.24) is 10.6 Å². The van der Waals surface area contributed by atoms with Crippen LogP contribution in [0, 0.1) is 0 Å². The summed E-state index contributed by atoms with van der Waals surface area (Å²) >= 11 is 6.94. The molecule has 0 radical (unpaired) electrons. The van der Waals surface area contributed by atoms with Crippen LogP contribution in [0.3, 0.4) is 0 Å². The number of primary amides is 1. The molecule has 0 saturated heterocycles. The second kappa shape index (κ2) is 8.39. The molecule has 1 rings (SSSR count). The van der Waals surface area contributed by atoms with Crippen LogP contribution in [0.25, 0.3) is 0 Å². The fraction of sp³-hybridized carbons (Fsp3) is 0.417. The summed E-state index contributed by atoms with van der Waals surface area (Å²) in [4.78, 5) is 10.5. The summed E-state index contributed by atoms with van der Waals surface area (Å²) in [7, 11) is 0. The van der Waals surface area contributed by atoms with Crippen molar-refractivity contribution in [2.45, 2.75) is 13.5 Å². The molecule has 0 bridgehead atoms. The zero-order valence-corrected chi connectivity index (χ0v) is 13.8. The fourth-order valence-electron chi connectivity index (χ4n) is 1.55. The number of carbonyl (C=O) groups is 1. The van der Waals surface area contributed by atoms with Crippen molar-refractivity contribution in [2.75, 3.05) is 19.7 Å². The van der Waals surface area contributed by atoms with Gasteiger partial charge in [0.1, 0.15) is 5.75 Å². The van der Waals surface area contributed by atoms with E-state index in [2.05, 4.69) is 42.5 Å². The number of benzene rings is 1. The standard InChI is InChI=1S/C12H17Br2N3O2/c1-2-19-11-8(5-9(13)6-10(11)14)7-16-3-4-17-12(15)18/h5-6,16H,2-4,7H2,1H3,(H3,15,17,18). The summed E-state index contributed by atoms with van der Waals surface area (Å²) in [5.41, 5.74) is 6.02. The molecule has 0 aliphatic rings. The second-order valence-corrected chi connectivity index (χ2v) is 5.55. The molecule has 0 saturated carbocycles. The first-order chi connectivity index (χ1) is 9.04. The monoisotopic (exact) mass is 393 g/mol. The number of carbonyl (C=O) groups excluding carboxylic acids is 1. The van der Waals surface area contributed by atoms with E-state index in [-0.39, 0.29) is 0 Å². The lowest BCUT2D eigenvalue weighted by molar-refractivity contribution is 0.249. The summed E-state index contributed by atoms with van der Waals surface area (Å²) in [6.07, 6.45) is 0. The lowest BCUT2D eigenvalue weighted by Crippen LogP contribution is -2.35. The van der Waals surface area contributed by atoms with E-state index in [0.29, 0.717) is 26.2 Å². The number of halogens is 2. The molecule has 0 aromatic heterocycles. The molecule has 1 aromatic rings. The number of nitrogens with two attached hydrogens (primary N) is 1. The van der Waals surface area contributed by atoms with E-state index in [0.717, 1.165) is 20.3 Å². The molecule has 7 heteroatoms. The van der Waals surface area contributed by atoms with Crippen LogP contribution in [0.15, 0.2) is 21.1 Å². The normalized spacial score (nSPS) is 10.3. The Morgan fingerprint density at radius 3 is 2.74 bits per heavy atom. The molecular formula is C12H17Br2N3O2. The maximum Gasteiger partial charge on any atom is 0.312 e. The Hall–Kier alpha value is -0.790. The third kappa shape index (κ3) is 5.80. The second-order valence-electron chi connectivity index (χ2n) is 3.78. The van der Waals surface area contributed by atoms with Crippen LogP contribution in [-0.4, -0.2) is 25.7 Å². The zero-order valence-electron chi connectivity index (χ0n) is 10.6. The van der Waals surface area contributed by atoms with Crippen LogP contribution in [0.2, 0.25) is 0 Å². The number of urea groups is 1. The molecule has 0 heterocycles. The van der Waals surface area contributed by atoms with Crippen molar-refractivity contribution in [2.24, 2.45) is 5.73 Å². The molecule has 1 aromatic carbocycles. The molecule has 5 nitrogen and oxygen atoms in total. The Bertz CT molecular complexity index is 441. The topological polar surface area (TPSA) is 76.4 Å². The van der Waals surface area contributed by atoms with E-state index < -0.39 is 6.03 Å². The van der Waals surface area contributed by atoms with Gasteiger partial charge in [0.15, 0.2) is 0 Å². The first-order valence-electron chi connectivity index (χ1n) is 5.89. The molecule has 0 aliphatic carbocycles. The van der Waals surface area contributed by atoms with Gasteiger partial charge in [-0.15, -0.1) is 0 Å². The van der Waals surface area contributed by atoms with Crippen LogP contribution in [0.5, 0.6) is 5.75 Å². The molecule has 0 fully saturated rings. The first-order valence-corrected chi connectivity index (χ1v) is 7.48. The Kier molecular flexibility index (Phi) is 7.19. The Balaban J connectivity index is 2.58. The molecule has 0 aliphatic heterocycles. The highest BCUT2D eigenvalue weighted by Gasteiger charge is 2.09. The third-order valence-electron chi connectivity index (χ3n) is 2.29. The van der Waals surface area contributed by atoms with Crippen molar-refractivity contribution in [3.05, 3.63) is 26.6 Å². The lowest BCUT2D eigenvalue weighted by atomic mass is 10.2. The number of hydrogen-bond donors (Lipinski definition) is 3. The maximum absolute atomic E-state index is 10.5. The van der Waals surface area contributed by atoms with Gasteiger partial charge in [-0.2, -0.15) is 0 Å². The minimum absolute atomic E-state index is 0.495. The van der Waals surface area contributed by atoms with Gasteiger partial charge in [-0.1, -0.05) is 15.9 Å². The molecule has 0 atom stereocenters. The van der Waals surface area contributed by atoms with Gasteiger partial charge >= 0.3 is 6.03 Å². The SMILES string of the molecule is CCOc1c(Br)cc(Br)cc1CNCCNC(N)=O. The Labute approximate surface area is 129 Å². The number of rotatable bonds is 7. The van der Waals surface area contributed by atoms with Gasteiger partial charge in [0.25, 0.3) is 0 Å². The average molecular weight is 395 g/mol. The van der Waals surface area contributed by atoms with Crippen molar-refractivity contribution in [3.8, 4) is 5.75 Å². The van der Waals surface area contributed by atoms with Crippen LogP contribution in [0.1, 0.15) is 12.5 Å². The molecule has 2 amide bonds. The fourth-order valence-corrected chi connectivity index (χ4v) is 2.98. The van der Waals surface area contributed by atoms with Gasteiger partial charge in [0.05, 0.1) is 11.1 Å². The lowest BCUT2D eigenvalue weighted by Gasteiger charge is -2.13. The van der Waals surface area contributed by atoms with E-state index in [9.17, 15) is 4.79 Å². The van der Waals surface area contributed by atoms with Crippen LogP contribution in [-0.2, 0) is 6.54 Å². The minimum atomic E-state index is -0.512. The summed E-state index contributed by atoms with van der Waals surface area (Å²) in [6, 6.07) is 3.44. The molecular weight excluding hydrogens is 378 g/mol. The molecule has 0 spiro atoms. The van der Waals surface area contributed by atoms with Gasteiger partial charge in [-0.25, -0.2) is 4.79 Å². The van der Waals surface area contributed by atoms with Gasteiger partial charge in [-0.3, -0.25) is 0 Å². The van der Waals surface area contributed by atoms with Crippen LogP contribution >= 0.6 is 31.9 Å². The highest BCUT2D eigenvalue weighted by Crippen LogP contribution is 2.32. The quantitative estimate of drug-likeness (QED) is 0.621. The van der Waals surface area contributed by atoms with Crippen molar-refractivity contribution in [1.29, 1.82) is 0 Å². The zero-order chi connectivity index (χ0) is 14.3. The molecule has 4 N–H and O–H groups in total. The third-order valence-corrected chi connectivity index (χ3v) is 3.34. The summed E-state index contributed by atoms with van der Waals surface area (Å²) < 4.78 is 7.51. The van der Waals surface area contributed by atoms with Crippen molar-refractivity contribution >= 4 is 37.9 Å². The predicted octanol–water partition coefficient (Wildman–Crippen LogP) is 2.37. The number of nitrogens with one attached hydrogen (secondary N) is 2. The van der Waals surface area contributed by atoms with E-state index >= 15 is 0 Å². The minimum Gasteiger partial charge on any atom is -0.492 e. The van der Waals surface area contributed by atoms with Crippen molar-refractivity contribution < 1.29 is 9.53 Å². The first kappa shape index (κ1) is 16.3.